The summed E-state index contributed by atoms with van der Waals surface area (Å²) in [6, 6.07) is 23.7. The van der Waals surface area contributed by atoms with Crippen LogP contribution in [-0.2, 0) is 0 Å². The van der Waals surface area contributed by atoms with Crippen LogP contribution in [0.15, 0.2) is 85.6 Å². The van der Waals surface area contributed by atoms with E-state index in [1.54, 1.807) is 0 Å². The lowest BCUT2D eigenvalue weighted by molar-refractivity contribution is 0.850. The molecule has 122 valence electrons. The molecule has 2 atom stereocenters. The molecule has 25 heavy (non-hydrogen) atoms. The molecule has 1 nitrogen and oxygen atoms in total. The van der Waals surface area contributed by atoms with Gasteiger partial charge in [-0.1, -0.05) is 68.3 Å². The highest BCUT2D eigenvalue weighted by molar-refractivity contribution is 9.11. The minimum Gasteiger partial charge on any atom is -0.252 e. The van der Waals surface area contributed by atoms with E-state index in [0.29, 0.717) is 5.25 Å². The summed E-state index contributed by atoms with van der Waals surface area (Å²) in [7, 11) is 0. The lowest BCUT2D eigenvalue weighted by atomic mass is 9.82. The summed E-state index contributed by atoms with van der Waals surface area (Å²) in [6.45, 7) is 0. The first kappa shape index (κ1) is 15.9. The van der Waals surface area contributed by atoms with Crippen molar-refractivity contribution >= 4 is 55.0 Å². The zero-order chi connectivity index (χ0) is 17.0. The van der Waals surface area contributed by atoms with Gasteiger partial charge in [0.05, 0.1) is 11.4 Å². The van der Waals surface area contributed by atoms with Crippen molar-refractivity contribution in [1.29, 1.82) is 0 Å². The number of halogens is 2. The van der Waals surface area contributed by atoms with E-state index in [9.17, 15) is 0 Å². The molecule has 4 heteroatoms. The molecule has 3 aromatic carbocycles. The van der Waals surface area contributed by atoms with E-state index in [4.69, 9.17) is 4.99 Å². The third kappa shape index (κ3) is 2.62. The lowest BCUT2D eigenvalue weighted by Crippen LogP contribution is -2.20. The van der Waals surface area contributed by atoms with Crippen molar-refractivity contribution in [2.24, 2.45) is 4.99 Å². The molecule has 0 aliphatic carbocycles. The number of rotatable bonds is 1. The first-order valence-corrected chi connectivity index (χ1v) is 10.6. The molecule has 0 radical (unpaired) electrons. The van der Waals surface area contributed by atoms with Crippen LogP contribution in [0.1, 0.15) is 27.9 Å². The van der Waals surface area contributed by atoms with Gasteiger partial charge in [-0.25, -0.2) is 0 Å². The first-order valence-electron chi connectivity index (χ1n) is 8.10. The fourth-order valence-corrected chi connectivity index (χ4v) is 6.51. The van der Waals surface area contributed by atoms with Gasteiger partial charge < -0.3 is 0 Å². The Morgan fingerprint density at radius 1 is 0.800 bits per heavy atom. The number of nitrogens with zero attached hydrogens (tertiary/aromatic N) is 1. The summed E-state index contributed by atoms with van der Waals surface area (Å²) in [5, 5.41) is 0.388. The van der Waals surface area contributed by atoms with Crippen molar-refractivity contribution in [2.45, 2.75) is 16.1 Å². The van der Waals surface area contributed by atoms with E-state index in [1.165, 1.54) is 21.6 Å². The van der Waals surface area contributed by atoms with Crippen LogP contribution in [0.5, 0.6) is 0 Å². The summed E-state index contributed by atoms with van der Waals surface area (Å²) in [6.07, 6.45) is 0. The maximum absolute atomic E-state index is 5.10. The van der Waals surface area contributed by atoms with Gasteiger partial charge in [0.2, 0.25) is 0 Å². The van der Waals surface area contributed by atoms with E-state index in [-0.39, 0.29) is 5.92 Å². The highest BCUT2D eigenvalue weighted by Crippen LogP contribution is 2.59. The van der Waals surface area contributed by atoms with Gasteiger partial charge in [-0.05, 0) is 47.0 Å². The average molecular weight is 471 g/mol. The van der Waals surface area contributed by atoms with Gasteiger partial charge in [-0.15, -0.1) is 11.8 Å². The third-order valence-corrected chi connectivity index (χ3v) is 7.07. The minimum absolute atomic E-state index is 0.289. The van der Waals surface area contributed by atoms with Crippen LogP contribution in [-0.4, -0.2) is 5.71 Å². The smallest absolute Gasteiger partial charge is 0.0677 e. The Morgan fingerprint density at radius 3 is 2.28 bits per heavy atom. The second kappa shape index (κ2) is 6.11. The Balaban J connectivity index is 1.77. The Morgan fingerprint density at radius 2 is 1.48 bits per heavy atom. The SMILES string of the molecule is Brc1cc(Br)cc(C2=Nc3ccccc3C3Sc4ccccc4C23)c1. The zero-order valence-electron chi connectivity index (χ0n) is 13.1. The predicted octanol–water partition coefficient (Wildman–Crippen LogP) is 7.28. The van der Waals surface area contributed by atoms with E-state index in [0.717, 1.165) is 20.3 Å². The number of benzene rings is 3. The number of hydrogen-bond donors (Lipinski definition) is 0. The van der Waals surface area contributed by atoms with Gasteiger partial charge in [0.15, 0.2) is 0 Å². The molecule has 5 rings (SSSR count). The molecule has 0 bridgehead atoms. The second-order valence-corrected chi connectivity index (χ2v) is 9.28. The Bertz CT molecular complexity index is 1010. The van der Waals surface area contributed by atoms with Gasteiger partial charge >= 0.3 is 0 Å². The van der Waals surface area contributed by atoms with Crippen molar-refractivity contribution in [1.82, 2.24) is 0 Å². The third-order valence-electron chi connectivity index (χ3n) is 4.75. The number of aliphatic imine (C=N–C) groups is 1. The second-order valence-electron chi connectivity index (χ2n) is 6.27. The van der Waals surface area contributed by atoms with Crippen LogP contribution < -0.4 is 0 Å². The molecule has 0 fully saturated rings. The van der Waals surface area contributed by atoms with E-state index >= 15 is 0 Å². The molecule has 3 aromatic rings. The maximum Gasteiger partial charge on any atom is 0.0677 e. The van der Waals surface area contributed by atoms with Crippen LogP contribution >= 0.6 is 43.6 Å². The highest BCUT2D eigenvalue weighted by atomic mass is 79.9. The van der Waals surface area contributed by atoms with Crippen LogP contribution in [0.2, 0.25) is 0 Å². The van der Waals surface area contributed by atoms with Gasteiger partial charge in [0, 0.05) is 25.0 Å². The molecule has 2 heterocycles. The molecular formula is C21H13Br2NS. The summed E-state index contributed by atoms with van der Waals surface area (Å²) < 4.78 is 2.13. The van der Waals surface area contributed by atoms with Crippen molar-refractivity contribution in [2.75, 3.05) is 0 Å². The fourth-order valence-electron chi connectivity index (χ4n) is 3.72. The molecule has 0 saturated heterocycles. The van der Waals surface area contributed by atoms with Crippen molar-refractivity contribution in [3.05, 3.63) is 92.4 Å². The van der Waals surface area contributed by atoms with Crippen LogP contribution in [0, 0.1) is 0 Å². The zero-order valence-corrected chi connectivity index (χ0v) is 17.1. The standard InChI is InChI=1S/C21H13Br2NS/c22-13-9-12(10-14(23)11-13)20-19-16-6-2-4-8-18(16)25-21(19)15-5-1-3-7-17(15)24-20/h1-11,19,21H. The minimum atomic E-state index is 0.289. The highest BCUT2D eigenvalue weighted by Gasteiger charge is 2.41. The molecular weight excluding hydrogens is 458 g/mol. The van der Waals surface area contributed by atoms with Crippen molar-refractivity contribution in [3.8, 4) is 0 Å². The van der Waals surface area contributed by atoms with Crippen molar-refractivity contribution in [3.63, 3.8) is 0 Å². The monoisotopic (exact) mass is 469 g/mol. The topological polar surface area (TPSA) is 12.4 Å². The Hall–Kier alpha value is -1.36. The molecule has 0 saturated carbocycles. The number of thioether (sulfide) groups is 1. The molecule has 0 aromatic heterocycles. The lowest BCUT2D eigenvalue weighted by Gasteiger charge is -2.28. The number of fused-ring (bicyclic) bond motifs is 5. The van der Waals surface area contributed by atoms with Gasteiger partial charge in [0.1, 0.15) is 0 Å². The summed E-state index contributed by atoms with van der Waals surface area (Å²) >= 11 is 9.22. The summed E-state index contributed by atoms with van der Waals surface area (Å²) in [5.74, 6) is 0.289. The molecule has 2 aliphatic rings. The van der Waals surface area contributed by atoms with E-state index < -0.39 is 0 Å². The summed E-state index contributed by atoms with van der Waals surface area (Å²) in [5.41, 5.74) is 6.15. The Labute approximate surface area is 167 Å². The van der Waals surface area contributed by atoms with Crippen LogP contribution in [0.3, 0.4) is 0 Å². The van der Waals surface area contributed by atoms with Gasteiger partial charge in [-0.2, -0.15) is 0 Å². The number of para-hydroxylation sites is 1. The quantitative estimate of drug-likeness (QED) is 0.364. The van der Waals surface area contributed by atoms with Gasteiger partial charge in [0.25, 0.3) is 0 Å². The van der Waals surface area contributed by atoms with Crippen molar-refractivity contribution < 1.29 is 0 Å². The molecule has 0 spiro atoms. The van der Waals surface area contributed by atoms with E-state index in [2.05, 4.69) is 98.6 Å². The fraction of sp³-hybridized carbons (Fsp3) is 0.0952. The molecule has 2 aliphatic heterocycles. The van der Waals surface area contributed by atoms with E-state index in [1.807, 2.05) is 11.8 Å². The average Bonchev–Trinajstić information content (AvgIpc) is 3.00. The Kier molecular flexibility index (Phi) is 3.88. The predicted molar refractivity (Wildman–Crippen MR) is 112 cm³/mol. The number of hydrogen-bond acceptors (Lipinski definition) is 2. The normalized spacial score (nSPS) is 20.5. The largest absolute Gasteiger partial charge is 0.252 e. The maximum atomic E-state index is 5.10. The van der Waals surface area contributed by atoms with Crippen LogP contribution in [0.25, 0.3) is 0 Å². The van der Waals surface area contributed by atoms with Crippen LogP contribution in [0.4, 0.5) is 5.69 Å². The molecule has 0 N–H and O–H groups in total. The molecule has 0 amide bonds. The summed E-state index contributed by atoms with van der Waals surface area (Å²) in [4.78, 5) is 6.47. The first-order chi connectivity index (χ1) is 12.2. The van der Waals surface area contributed by atoms with Gasteiger partial charge in [-0.3, -0.25) is 4.99 Å². The molecule has 2 unspecified atom stereocenters.